The number of pyridine rings is 1. The van der Waals surface area contributed by atoms with Crippen LogP contribution in [0.25, 0.3) is 10.9 Å². The predicted molar refractivity (Wildman–Crippen MR) is 89.3 cm³/mol. The molecule has 0 atom stereocenters. The molecule has 3 nitrogen and oxygen atoms in total. The Morgan fingerprint density at radius 1 is 1.42 bits per heavy atom. The van der Waals surface area contributed by atoms with E-state index in [-0.39, 0.29) is 0 Å². The van der Waals surface area contributed by atoms with Crippen LogP contribution in [0.15, 0.2) is 30.3 Å². The molecule has 2 rings (SSSR count). The molecule has 0 saturated carbocycles. The van der Waals surface area contributed by atoms with Gasteiger partial charge in [0.2, 0.25) is 0 Å². The molecule has 5 heteroatoms. The third-order valence-corrected chi connectivity index (χ3v) is 3.80. The predicted octanol–water partition coefficient (Wildman–Crippen LogP) is 2.67. The van der Waals surface area contributed by atoms with Crippen LogP contribution in [0.5, 0.6) is 0 Å². The van der Waals surface area contributed by atoms with Crippen LogP contribution in [0.1, 0.15) is 5.56 Å². The van der Waals surface area contributed by atoms with Crippen LogP contribution in [0, 0.1) is 0 Å². The van der Waals surface area contributed by atoms with E-state index in [9.17, 15) is 0 Å². The average Bonchev–Trinajstić information content (AvgIpc) is 2.43. The van der Waals surface area contributed by atoms with Crippen LogP contribution >= 0.6 is 24.0 Å². The van der Waals surface area contributed by atoms with Gasteiger partial charge in [-0.25, -0.2) is 4.98 Å². The van der Waals surface area contributed by atoms with Crippen LogP contribution in [-0.4, -0.2) is 35.6 Å². The molecular formula is C14H17N3S2. The second kappa shape index (κ2) is 6.21. The number of thiocarbonyl (C=S) groups is 1. The summed E-state index contributed by atoms with van der Waals surface area (Å²) in [7, 11) is 2.04. The molecule has 1 heterocycles. The number of anilines is 1. The number of aromatic nitrogens is 1. The van der Waals surface area contributed by atoms with Crippen LogP contribution in [0.4, 0.5) is 5.82 Å². The molecule has 0 bridgehead atoms. The number of benzene rings is 1. The second-order valence-corrected chi connectivity index (χ2v) is 5.75. The van der Waals surface area contributed by atoms with E-state index in [0.29, 0.717) is 4.99 Å². The Morgan fingerprint density at radius 3 is 2.84 bits per heavy atom. The van der Waals surface area contributed by atoms with Gasteiger partial charge in [0, 0.05) is 30.3 Å². The molecule has 0 saturated heterocycles. The highest BCUT2D eigenvalue weighted by Gasteiger charge is 2.10. The van der Waals surface area contributed by atoms with Crippen molar-refractivity contribution < 1.29 is 0 Å². The molecule has 19 heavy (non-hydrogen) atoms. The van der Waals surface area contributed by atoms with Gasteiger partial charge >= 0.3 is 0 Å². The molecule has 100 valence electrons. The number of para-hydroxylation sites is 1. The minimum atomic E-state index is 0.415. The summed E-state index contributed by atoms with van der Waals surface area (Å²) in [5.41, 5.74) is 7.65. The van der Waals surface area contributed by atoms with Gasteiger partial charge < -0.3 is 10.6 Å². The monoisotopic (exact) mass is 291 g/mol. The first-order chi connectivity index (χ1) is 9.13. The Morgan fingerprint density at radius 2 is 2.16 bits per heavy atom. The zero-order valence-corrected chi connectivity index (χ0v) is 12.7. The normalized spacial score (nSPS) is 10.6. The van der Waals surface area contributed by atoms with Crippen molar-refractivity contribution in [1.29, 1.82) is 0 Å². The van der Waals surface area contributed by atoms with Crippen molar-refractivity contribution in [2.45, 2.75) is 0 Å². The van der Waals surface area contributed by atoms with Crippen molar-refractivity contribution in [3.8, 4) is 0 Å². The minimum absolute atomic E-state index is 0.415. The maximum atomic E-state index is 5.83. The third kappa shape index (κ3) is 3.16. The average molecular weight is 291 g/mol. The van der Waals surface area contributed by atoms with Crippen molar-refractivity contribution in [2.75, 3.05) is 30.5 Å². The summed E-state index contributed by atoms with van der Waals surface area (Å²) < 4.78 is 0. The zero-order valence-electron chi connectivity index (χ0n) is 11.1. The summed E-state index contributed by atoms with van der Waals surface area (Å²) in [5, 5.41) is 1.01. The van der Waals surface area contributed by atoms with E-state index >= 15 is 0 Å². The lowest BCUT2D eigenvalue weighted by molar-refractivity contribution is 0.953. The van der Waals surface area contributed by atoms with Gasteiger partial charge in [0.05, 0.1) is 5.52 Å². The molecule has 2 aromatic rings. The number of rotatable bonds is 5. The highest BCUT2D eigenvalue weighted by Crippen LogP contribution is 2.22. The van der Waals surface area contributed by atoms with Crippen molar-refractivity contribution in [1.82, 2.24) is 4.98 Å². The fourth-order valence-electron chi connectivity index (χ4n) is 1.90. The molecule has 0 aliphatic heterocycles. The molecule has 0 unspecified atom stereocenters. The third-order valence-electron chi connectivity index (χ3n) is 2.99. The number of fused-ring (bicyclic) bond motifs is 1. The topological polar surface area (TPSA) is 42.1 Å². The molecule has 0 aliphatic carbocycles. The Kier molecular flexibility index (Phi) is 4.61. The molecule has 1 aromatic carbocycles. The Labute approximate surface area is 123 Å². The lowest BCUT2D eigenvalue weighted by Crippen LogP contribution is -2.22. The summed E-state index contributed by atoms with van der Waals surface area (Å²) in [6, 6.07) is 9.92. The van der Waals surface area contributed by atoms with E-state index in [0.717, 1.165) is 34.6 Å². The molecule has 0 fully saturated rings. The zero-order chi connectivity index (χ0) is 13.8. The van der Waals surface area contributed by atoms with Gasteiger partial charge in [-0.15, -0.1) is 0 Å². The summed E-state index contributed by atoms with van der Waals surface area (Å²) in [6.45, 7) is 0.948. The van der Waals surface area contributed by atoms with Gasteiger partial charge in [-0.1, -0.05) is 30.4 Å². The Balaban J connectivity index is 2.49. The van der Waals surface area contributed by atoms with E-state index in [1.165, 1.54) is 0 Å². The van der Waals surface area contributed by atoms with Gasteiger partial charge in [0.15, 0.2) is 0 Å². The number of thioether (sulfide) groups is 1. The number of hydrogen-bond donors (Lipinski definition) is 1. The molecule has 0 aliphatic rings. The molecule has 0 spiro atoms. The summed E-state index contributed by atoms with van der Waals surface area (Å²) in [6.07, 6.45) is 2.10. The van der Waals surface area contributed by atoms with Crippen molar-refractivity contribution >= 4 is 45.7 Å². The Hall–Kier alpha value is -1.33. The van der Waals surface area contributed by atoms with Gasteiger partial charge in [0.1, 0.15) is 10.8 Å². The van der Waals surface area contributed by atoms with E-state index in [4.69, 9.17) is 18.0 Å². The van der Waals surface area contributed by atoms with E-state index in [1.807, 2.05) is 49.1 Å². The summed E-state index contributed by atoms with van der Waals surface area (Å²) >= 11 is 6.97. The summed E-state index contributed by atoms with van der Waals surface area (Å²) in [4.78, 5) is 7.22. The van der Waals surface area contributed by atoms with Crippen LogP contribution < -0.4 is 10.6 Å². The maximum absolute atomic E-state index is 5.83. The van der Waals surface area contributed by atoms with Crippen LogP contribution in [0.2, 0.25) is 0 Å². The van der Waals surface area contributed by atoms with Gasteiger partial charge in [-0.3, -0.25) is 0 Å². The van der Waals surface area contributed by atoms with E-state index in [2.05, 4.69) is 16.1 Å². The number of nitrogens with zero attached hydrogens (tertiary/aromatic N) is 2. The van der Waals surface area contributed by atoms with E-state index < -0.39 is 0 Å². The molecule has 0 amide bonds. The molecule has 0 radical (unpaired) electrons. The van der Waals surface area contributed by atoms with Crippen molar-refractivity contribution in [2.24, 2.45) is 5.73 Å². The van der Waals surface area contributed by atoms with E-state index in [1.54, 1.807) is 0 Å². The Bertz CT molecular complexity index is 598. The molecule has 1 aromatic heterocycles. The quantitative estimate of drug-likeness (QED) is 0.858. The first-order valence-electron chi connectivity index (χ1n) is 6.03. The first-order valence-corrected chi connectivity index (χ1v) is 7.83. The highest BCUT2D eigenvalue weighted by atomic mass is 32.2. The second-order valence-electron chi connectivity index (χ2n) is 4.32. The largest absolute Gasteiger partial charge is 0.389 e. The van der Waals surface area contributed by atoms with Crippen LogP contribution in [-0.2, 0) is 0 Å². The van der Waals surface area contributed by atoms with Gasteiger partial charge in [-0.05, 0) is 18.4 Å². The fourth-order valence-corrected chi connectivity index (χ4v) is 2.53. The lowest BCUT2D eigenvalue weighted by atomic mass is 10.1. The number of hydrogen-bond acceptors (Lipinski definition) is 4. The van der Waals surface area contributed by atoms with Gasteiger partial charge in [-0.2, -0.15) is 11.8 Å². The van der Waals surface area contributed by atoms with Crippen molar-refractivity contribution in [3.05, 3.63) is 35.9 Å². The smallest absolute Gasteiger partial charge is 0.129 e. The lowest BCUT2D eigenvalue weighted by Gasteiger charge is -2.19. The first kappa shape index (κ1) is 14.1. The molecular weight excluding hydrogens is 274 g/mol. The SMILES string of the molecule is CSCCN(C)c1cc(C(N)=S)c2ccccc2n1. The minimum Gasteiger partial charge on any atom is -0.389 e. The van der Waals surface area contributed by atoms with Crippen LogP contribution in [0.3, 0.4) is 0 Å². The number of nitrogens with two attached hydrogens (primary N) is 1. The highest BCUT2D eigenvalue weighted by molar-refractivity contribution is 7.98. The van der Waals surface area contributed by atoms with Gasteiger partial charge in [0.25, 0.3) is 0 Å². The van der Waals surface area contributed by atoms with Crippen molar-refractivity contribution in [3.63, 3.8) is 0 Å². The standard InChI is InChI=1S/C14H17N3S2/c1-17(7-8-19-2)13-9-11(14(15)18)10-5-3-4-6-12(10)16-13/h3-6,9H,7-8H2,1-2H3,(H2,15,18). The maximum Gasteiger partial charge on any atom is 0.129 e. The summed E-state index contributed by atoms with van der Waals surface area (Å²) in [5.74, 6) is 1.98. The molecule has 2 N–H and O–H groups in total. The fraction of sp³-hybridized carbons (Fsp3) is 0.286.